The van der Waals surface area contributed by atoms with Crippen molar-refractivity contribution in [1.29, 1.82) is 0 Å². The zero-order chi connectivity index (χ0) is 11.5. The lowest BCUT2D eigenvalue weighted by atomic mass is 10.1. The molecule has 1 saturated heterocycles. The van der Waals surface area contributed by atoms with E-state index in [-0.39, 0.29) is 11.7 Å². The minimum Gasteiger partial charge on any atom is -0.377 e. The van der Waals surface area contributed by atoms with E-state index in [0.29, 0.717) is 0 Å². The molecular weight excluding hydrogens is 210 g/mol. The lowest BCUT2D eigenvalue weighted by molar-refractivity contribution is 0.263. The average Bonchev–Trinajstić information content (AvgIpc) is 2.26. The summed E-state index contributed by atoms with van der Waals surface area (Å²) in [4.78, 5) is 2.22. The van der Waals surface area contributed by atoms with Crippen LogP contribution in [0.1, 0.15) is 12.8 Å². The van der Waals surface area contributed by atoms with Crippen molar-refractivity contribution >= 4 is 5.69 Å². The third-order valence-electron chi connectivity index (χ3n) is 3.03. The Kier molecular flexibility index (Phi) is 3.39. The summed E-state index contributed by atoms with van der Waals surface area (Å²) in [5.41, 5.74) is 0.0112. The monoisotopic (exact) mass is 226 g/mol. The smallest absolute Gasteiger partial charge is 0.149 e. The summed E-state index contributed by atoms with van der Waals surface area (Å²) in [5, 5.41) is 2.96. The molecule has 88 valence electrons. The molecule has 0 aromatic heterocycles. The molecular formula is C12H16F2N2. The summed E-state index contributed by atoms with van der Waals surface area (Å²) in [6.07, 6.45) is 1.84. The quantitative estimate of drug-likeness (QED) is 0.833. The Morgan fingerprint density at radius 2 is 1.75 bits per heavy atom. The van der Waals surface area contributed by atoms with Crippen molar-refractivity contribution < 1.29 is 8.78 Å². The van der Waals surface area contributed by atoms with Crippen LogP contribution < -0.4 is 5.32 Å². The number of hydrogen-bond donors (Lipinski definition) is 1. The van der Waals surface area contributed by atoms with Crippen LogP contribution in [0, 0.1) is 11.6 Å². The van der Waals surface area contributed by atoms with E-state index in [2.05, 4.69) is 17.3 Å². The van der Waals surface area contributed by atoms with Gasteiger partial charge in [0.15, 0.2) is 0 Å². The van der Waals surface area contributed by atoms with Crippen LogP contribution in [0.2, 0.25) is 0 Å². The van der Waals surface area contributed by atoms with Crippen LogP contribution in [-0.2, 0) is 0 Å². The molecule has 1 aromatic rings. The van der Waals surface area contributed by atoms with Crippen molar-refractivity contribution in [3.8, 4) is 0 Å². The maximum atomic E-state index is 13.4. The van der Waals surface area contributed by atoms with Gasteiger partial charge in [0, 0.05) is 6.04 Å². The van der Waals surface area contributed by atoms with Gasteiger partial charge in [-0.1, -0.05) is 6.07 Å². The average molecular weight is 226 g/mol. The van der Waals surface area contributed by atoms with Gasteiger partial charge in [-0.2, -0.15) is 0 Å². The topological polar surface area (TPSA) is 15.3 Å². The Bertz CT molecular complexity index is 340. The first-order valence-corrected chi connectivity index (χ1v) is 5.56. The third kappa shape index (κ3) is 2.50. The van der Waals surface area contributed by atoms with Gasteiger partial charge < -0.3 is 10.2 Å². The standard InChI is InChI=1S/C12H16F2N2/c1-16-7-5-9(6-8-16)15-12-10(13)3-2-4-11(12)14/h2-4,9,15H,5-8H2,1H3. The van der Waals surface area contributed by atoms with Crippen molar-refractivity contribution in [2.24, 2.45) is 0 Å². The van der Waals surface area contributed by atoms with Gasteiger partial charge in [0.05, 0.1) is 0 Å². The minimum absolute atomic E-state index is 0.0112. The lowest BCUT2D eigenvalue weighted by Gasteiger charge is -2.30. The van der Waals surface area contributed by atoms with Crippen molar-refractivity contribution in [3.63, 3.8) is 0 Å². The number of para-hydroxylation sites is 1. The van der Waals surface area contributed by atoms with Crippen molar-refractivity contribution in [3.05, 3.63) is 29.8 Å². The summed E-state index contributed by atoms with van der Waals surface area (Å²) >= 11 is 0. The molecule has 16 heavy (non-hydrogen) atoms. The Labute approximate surface area is 94.3 Å². The van der Waals surface area contributed by atoms with Crippen LogP contribution in [0.4, 0.5) is 14.5 Å². The number of benzene rings is 1. The number of nitrogens with one attached hydrogen (secondary N) is 1. The first-order valence-electron chi connectivity index (χ1n) is 5.56. The molecule has 0 spiro atoms. The van der Waals surface area contributed by atoms with E-state index in [9.17, 15) is 8.78 Å². The van der Waals surface area contributed by atoms with Crippen LogP contribution in [-0.4, -0.2) is 31.1 Å². The number of hydrogen-bond acceptors (Lipinski definition) is 2. The van der Waals surface area contributed by atoms with Crippen LogP contribution in [0.5, 0.6) is 0 Å². The van der Waals surface area contributed by atoms with Crippen molar-refractivity contribution in [2.75, 3.05) is 25.5 Å². The molecule has 1 aromatic carbocycles. The zero-order valence-electron chi connectivity index (χ0n) is 9.34. The molecule has 0 aliphatic carbocycles. The summed E-state index contributed by atoms with van der Waals surface area (Å²) in [6, 6.07) is 4.10. The van der Waals surface area contributed by atoms with Crippen molar-refractivity contribution in [2.45, 2.75) is 18.9 Å². The Hall–Kier alpha value is -1.16. The second kappa shape index (κ2) is 4.78. The van der Waals surface area contributed by atoms with Crippen LogP contribution in [0.15, 0.2) is 18.2 Å². The Balaban J connectivity index is 2.04. The fourth-order valence-corrected chi connectivity index (χ4v) is 1.99. The van der Waals surface area contributed by atoms with Gasteiger partial charge in [0.2, 0.25) is 0 Å². The molecule has 1 N–H and O–H groups in total. The van der Waals surface area contributed by atoms with Crippen LogP contribution in [0.3, 0.4) is 0 Å². The van der Waals surface area contributed by atoms with E-state index in [1.165, 1.54) is 18.2 Å². The normalized spacial score (nSPS) is 18.7. The summed E-state index contributed by atoms with van der Waals surface area (Å²) in [6.45, 7) is 1.93. The second-order valence-electron chi connectivity index (χ2n) is 4.32. The van der Waals surface area contributed by atoms with E-state index in [0.717, 1.165) is 25.9 Å². The molecule has 0 unspecified atom stereocenters. The zero-order valence-corrected chi connectivity index (χ0v) is 9.34. The molecule has 0 saturated carbocycles. The number of rotatable bonds is 2. The number of halogens is 2. The molecule has 1 heterocycles. The fourth-order valence-electron chi connectivity index (χ4n) is 1.99. The van der Waals surface area contributed by atoms with Gasteiger partial charge in [-0.05, 0) is 45.1 Å². The maximum absolute atomic E-state index is 13.4. The fraction of sp³-hybridized carbons (Fsp3) is 0.500. The molecule has 2 rings (SSSR count). The summed E-state index contributed by atoms with van der Waals surface area (Å²) < 4.78 is 26.7. The largest absolute Gasteiger partial charge is 0.377 e. The van der Waals surface area contributed by atoms with E-state index in [1.807, 2.05) is 0 Å². The predicted molar refractivity (Wildman–Crippen MR) is 60.5 cm³/mol. The highest BCUT2D eigenvalue weighted by Gasteiger charge is 2.18. The highest BCUT2D eigenvalue weighted by atomic mass is 19.1. The van der Waals surface area contributed by atoms with Gasteiger partial charge in [-0.3, -0.25) is 0 Å². The Morgan fingerprint density at radius 3 is 2.31 bits per heavy atom. The molecule has 0 radical (unpaired) electrons. The van der Waals surface area contributed by atoms with Gasteiger partial charge in [-0.15, -0.1) is 0 Å². The lowest BCUT2D eigenvalue weighted by Crippen LogP contribution is -2.37. The third-order valence-corrected chi connectivity index (χ3v) is 3.03. The van der Waals surface area contributed by atoms with Gasteiger partial charge in [0.1, 0.15) is 17.3 Å². The SMILES string of the molecule is CN1CCC(Nc2c(F)cccc2F)CC1. The van der Waals surface area contributed by atoms with Gasteiger partial charge in [-0.25, -0.2) is 8.78 Å². The highest BCUT2D eigenvalue weighted by Crippen LogP contribution is 2.21. The number of piperidine rings is 1. The number of likely N-dealkylation sites (tertiary alicyclic amines) is 1. The molecule has 2 nitrogen and oxygen atoms in total. The van der Waals surface area contributed by atoms with Crippen molar-refractivity contribution in [1.82, 2.24) is 4.90 Å². The molecule has 0 atom stereocenters. The Morgan fingerprint density at radius 1 is 1.19 bits per heavy atom. The summed E-state index contributed by atoms with van der Waals surface area (Å²) in [5.74, 6) is -1.03. The van der Waals surface area contributed by atoms with Crippen LogP contribution in [0.25, 0.3) is 0 Å². The van der Waals surface area contributed by atoms with E-state index in [4.69, 9.17) is 0 Å². The van der Waals surface area contributed by atoms with E-state index >= 15 is 0 Å². The molecule has 0 bridgehead atoms. The molecule has 1 aliphatic rings. The second-order valence-corrected chi connectivity index (χ2v) is 4.32. The van der Waals surface area contributed by atoms with Crippen LogP contribution >= 0.6 is 0 Å². The minimum atomic E-state index is -0.515. The highest BCUT2D eigenvalue weighted by molar-refractivity contribution is 5.46. The molecule has 4 heteroatoms. The maximum Gasteiger partial charge on any atom is 0.149 e. The first-order chi connectivity index (χ1) is 7.66. The number of nitrogens with zero attached hydrogens (tertiary/aromatic N) is 1. The first kappa shape index (κ1) is 11.3. The molecule has 1 fully saturated rings. The molecule has 1 aliphatic heterocycles. The number of anilines is 1. The summed E-state index contributed by atoms with van der Waals surface area (Å²) in [7, 11) is 2.06. The predicted octanol–water partition coefficient (Wildman–Crippen LogP) is 2.47. The van der Waals surface area contributed by atoms with E-state index < -0.39 is 11.6 Å². The van der Waals surface area contributed by atoms with E-state index in [1.54, 1.807) is 0 Å². The van der Waals surface area contributed by atoms with Gasteiger partial charge in [0.25, 0.3) is 0 Å². The van der Waals surface area contributed by atoms with Gasteiger partial charge >= 0.3 is 0 Å². The molecule has 0 amide bonds.